The number of nitrogens with zero attached hydrogens (tertiary/aromatic N) is 3. The third-order valence-corrected chi connectivity index (χ3v) is 3.80. The number of aliphatic hydroxyl groups excluding tert-OH is 1. The van der Waals surface area contributed by atoms with Gasteiger partial charge in [-0.15, -0.1) is 5.10 Å². The Labute approximate surface area is 114 Å². The maximum absolute atomic E-state index is 9.59. The van der Waals surface area contributed by atoms with Gasteiger partial charge in [0, 0.05) is 13.1 Å². The number of hydrogen-bond acceptors (Lipinski definition) is 6. The highest BCUT2D eigenvalue weighted by atomic mass is 16.4. The van der Waals surface area contributed by atoms with Crippen molar-refractivity contribution in [2.75, 3.05) is 24.5 Å². The van der Waals surface area contributed by atoms with Crippen molar-refractivity contribution in [2.24, 2.45) is 5.92 Å². The third kappa shape index (κ3) is 3.45. The zero-order chi connectivity index (χ0) is 13.8. The van der Waals surface area contributed by atoms with Crippen LogP contribution in [0.25, 0.3) is 0 Å². The molecule has 6 nitrogen and oxygen atoms in total. The summed E-state index contributed by atoms with van der Waals surface area (Å²) >= 11 is 0. The van der Waals surface area contributed by atoms with Crippen molar-refractivity contribution < 1.29 is 9.52 Å². The molecule has 0 aliphatic carbocycles. The smallest absolute Gasteiger partial charge is 0.318 e. The maximum atomic E-state index is 9.59. The summed E-state index contributed by atoms with van der Waals surface area (Å²) in [5, 5.41) is 21.1. The van der Waals surface area contributed by atoms with Gasteiger partial charge in [-0.25, -0.2) is 0 Å². The monoisotopic (exact) mass is 268 g/mol. The summed E-state index contributed by atoms with van der Waals surface area (Å²) in [4.78, 5) is 2.11. The van der Waals surface area contributed by atoms with Gasteiger partial charge in [0.2, 0.25) is 5.89 Å². The average molecular weight is 268 g/mol. The summed E-state index contributed by atoms with van der Waals surface area (Å²) in [6, 6.07) is 0.685. The van der Waals surface area contributed by atoms with Crippen molar-refractivity contribution in [3.05, 3.63) is 5.89 Å². The highest BCUT2D eigenvalue weighted by Crippen LogP contribution is 2.25. The molecule has 0 aromatic carbocycles. The zero-order valence-corrected chi connectivity index (χ0v) is 12.0. The lowest BCUT2D eigenvalue weighted by Gasteiger charge is -2.31. The van der Waals surface area contributed by atoms with Crippen LogP contribution in [0.5, 0.6) is 0 Å². The molecule has 108 valence electrons. The molecule has 6 heteroatoms. The minimum atomic E-state index is -0.228. The van der Waals surface area contributed by atoms with Gasteiger partial charge in [-0.05, 0) is 39.2 Å². The molecule has 2 N–H and O–H groups in total. The minimum absolute atomic E-state index is 0.0845. The third-order valence-electron chi connectivity index (χ3n) is 3.80. The van der Waals surface area contributed by atoms with E-state index in [0.717, 1.165) is 32.5 Å². The first-order chi connectivity index (χ1) is 9.11. The van der Waals surface area contributed by atoms with Crippen LogP contribution in [0.15, 0.2) is 4.42 Å². The molecule has 0 bridgehead atoms. The summed E-state index contributed by atoms with van der Waals surface area (Å²) in [5.74, 6) is 1.02. The number of nitrogens with one attached hydrogen (secondary N) is 1. The molecule has 19 heavy (non-hydrogen) atoms. The van der Waals surface area contributed by atoms with Gasteiger partial charge in [0.15, 0.2) is 0 Å². The molecular weight excluding hydrogens is 244 g/mol. The molecule has 2 atom stereocenters. The standard InChI is InChI=1S/C13H24N4O2/c1-4-14-9(2)12-15-16-13(19-12)17-7-5-11(6-8-17)10(3)18/h9-11,14,18H,4-8H2,1-3H3. The van der Waals surface area contributed by atoms with Gasteiger partial charge < -0.3 is 19.7 Å². The highest BCUT2D eigenvalue weighted by molar-refractivity contribution is 5.25. The van der Waals surface area contributed by atoms with E-state index in [-0.39, 0.29) is 12.1 Å². The van der Waals surface area contributed by atoms with Crippen molar-refractivity contribution in [1.29, 1.82) is 0 Å². The topological polar surface area (TPSA) is 74.4 Å². The molecule has 1 aliphatic heterocycles. The Morgan fingerprint density at radius 2 is 2.05 bits per heavy atom. The lowest BCUT2D eigenvalue weighted by molar-refractivity contribution is 0.109. The Morgan fingerprint density at radius 1 is 1.37 bits per heavy atom. The fraction of sp³-hybridized carbons (Fsp3) is 0.846. The molecule has 1 fully saturated rings. The first-order valence-corrected chi connectivity index (χ1v) is 7.11. The number of aromatic nitrogens is 2. The molecule has 0 radical (unpaired) electrons. The molecule has 2 unspecified atom stereocenters. The van der Waals surface area contributed by atoms with Crippen LogP contribution in [-0.2, 0) is 0 Å². The van der Waals surface area contributed by atoms with Gasteiger partial charge in [0.05, 0.1) is 12.1 Å². The Hall–Kier alpha value is -1.14. The predicted molar refractivity (Wildman–Crippen MR) is 73.0 cm³/mol. The highest BCUT2D eigenvalue weighted by Gasteiger charge is 2.26. The van der Waals surface area contributed by atoms with Crippen LogP contribution in [0.4, 0.5) is 6.01 Å². The SMILES string of the molecule is CCNC(C)c1nnc(N2CCC(C(C)O)CC2)o1. The molecule has 0 saturated carbocycles. The first-order valence-electron chi connectivity index (χ1n) is 7.11. The zero-order valence-electron chi connectivity index (χ0n) is 12.0. The second-order valence-electron chi connectivity index (χ2n) is 5.27. The van der Waals surface area contributed by atoms with Gasteiger partial charge in [0.1, 0.15) is 0 Å². The lowest BCUT2D eigenvalue weighted by atomic mass is 9.92. The van der Waals surface area contributed by atoms with E-state index in [0.29, 0.717) is 17.8 Å². The van der Waals surface area contributed by atoms with Gasteiger partial charge in [-0.2, -0.15) is 0 Å². The maximum Gasteiger partial charge on any atom is 0.318 e. The van der Waals surface area contributed by atoms with Crippen LogP contribution in [-0.4, -0.2) is 41.0 Å². The number of aliphatic hydroxyl groups is 1. The summed E-state index contributed by atoms with van der Waals surface area (Å²) < 4.78 is 5.71. The number of anilines is 1. The Bertz CT molecular complexity index is 386. The molecule has 1 aromatic rings. The van der Waals surface area contributed by atoms with E-state index in [1.165, 1.54) is 0 Å². The van der Waals surface area contributed by atoms with Gasteiger partial charge in [-0.3, -0.25) is 0 Å². The second kappa shape index (κ2) is 6.34. The largest absolute Gasteiger partial charge is 0.406 e. The van der Waals surface area contributed by atoms with Crippen LogP contribution in [0.3, 0.4) is 0 Å². The predicted octanol–water partition coefficient (Wildman–Crippen LogP) is 1.34. The Balaban J connectivity index is 1.93. The van der Waals surface area contributed by atoms with E-state index in [1.54, 1.807) is 0 Å². The molecule has 1 saturated heterocycles. The molecule has 0 spiro atoms. The van der Waals surface area contributed by atoms with Gasteiger partial charge in [-0.1, -0.05) is 12.0 Å². The average Bonchev–Trinajstić information content (AvgIpc) is 2.89. The Kier molecular flexibility index (Phi) is 4.76. The van der Waals surface area contributed by atoms with Crippen molar-refractivity contribution in [3.63, 3.8) is 0 Å². The summed E-state index contributed by atoms with van der Waals surface area (Å²) in [6.45, 7) is 8.54. The van der Waals surface area contributed by atoms with E-state index in [1.807, 2.05) is 13.8 Å². The first kappa shape index (κ1) is 14.3. The van der Waals surface area contributed by atoms with Crippen molar-refractivity contribution >= 4 is 6.01 Å². The number of hydrogen-bond donors (Lipinski definition) is 2. The number of rotatable bonds is 5. The van der Waals surface area contributed by atoms with Crippen LogP contribution < -0.4 is 10.2 Å². The minimum Gasteiger partial charge on any atom is -0.406 e. The fourth-order valence-electron chi connectivity index (χ4n) is 2.50. The van der Waals surface area contributed by atoms with Crippen LogP contribution >= 0.6 is 0 Å². The van der Waals surface area contributed by atoms with E-state index in [2.05, 4.69) is 27.3 Å². The summed E-state index contributed by atoms with van der Waals surface area (Å²) in [5.41, 5.74) is 0. The molecule has 2 rings (SSSR count). The van der Waals surface area contributed by atoms with E-state index in [9.17, 15) is 5.11 Å². The van der Waals surface area contributed by atoms with E-state index in [4.69, 9.17) is 4.42 Å². The molecule has 1 aromatic heterocycles. The quantitative estimate of drug-likeness (QED) is 0.839. The Morgan fingerprint density at radius 3 is 2.63 bits per heavy atom. The van der Waals surface area contributed by atoms with Crippen molar-refractivity contribution in [1.82, 2.24) is 15.5 Å². The van der Waals surface area contributed by atoms with E-state index >= 15 is 0 Å². The van der Waals surface area contributed by atoms with Gasteiger partial charge in [0.25, 0.3) is 0 Å². The van der Waals surface area contributed by atoms with Crippen LogP contribution in [0.2, 0.25) is 0 Å². The van der Waals surface area contributed by atoms with Crippen LogP contribution in [0.1, 0.15) is 45.5 Å². The number of piperidine rings is 1. The summed E-state index contributed by atoms with van der Waals surface area (Å²) in [6.07, 6.45) is 1.71. The van der Waals surface area contributed by atoms with Gasteiger partial charge >= 0.3 is 6.01 Å². The van der Waals surface area contributed by atoms with Crippen molar-refractivity contribution in [2.45, 2.75) is 45.8 Å². The van der Waals surface area contributed by atoms with Crippen molar-refractivity contribution in [3.8, 4) is 0 Å². The lowest BCUT2D eigenvalue weighted by Crippen LogP contribution is -2.37. The second-order valence-corrected chi connectivity index (χ2v) is 5.27. The normalized spacial score (nSPS) is 20.5. The summed E-state index contributed by atoms with van der Waals surface area (Å²) in [7, 11) is 0. The molecule has 1 aliphatic rings. The molecule has 0 amide bonds. The molecular formula is C13H24N4O2. The molecule has 2 heterocycles. The van der Waals surface area contributed by atoms with Crippen LogP contribution in [0, 0.1) is 5.92 Å². The van der Waals surface area contributed by atoms with E-state index < -0.39 is 0 Å². The fourth-order valence-corrected chi connectivity index (χ4v) is 2.50.